The zero-order valence-corrected chi connectivity index (χ0v) is 11.1. The molecule has 0 atom stereocenters. The van der Waals surface area contributed by atoms with Crippen LogP contribution < -0.4 is 5.46 Å². The van der Waals surface area contributed by atoms with Crippen LogP contribution in [0.1, 0.15) is 5.82 Å². The predicted molar refractivity (Wildman–Crippen MR) is 82.4 cm³/mol. The molecule has 1 aromatic heterocycles. The van der Waals surface area contributed by atoms with Crippen LogP contribution in [-0.2, 0) is 0 Å². The van der Waals surface area contributed by atoms with Crippen LogP contribution in [0, 0.1) is 6.92 Å². The van der Waals surface area contributed by atoms with Gasteiger partial charge in [-0.3, -0.25) is 0 Å². The Morgan fingerprint density at radius 3 is 1.89 bits per heavy atom. The molecule has 0 aliphatic heterocycles. The van der Waals surface area contributed by atoms with E-state index in [0.29, 0.717) is 0 Å². The van der Waals surface area contributed by atoms with Crippen molar-refractivity contribution in [2.75, 3.05) is 0 Å². The zero-order valence-electron chi connectivity index (χ0n) is 11.1. The number of aromatic amines is 1. The van der Waals surface area contributed by atoms with E-state index in [9.17, 15) is 0 Å². The molecule has 0 spiro atoms. The van der Waals surface area contributed by atoms with Crippen LogP contribution in [-0.4, -0.2) is 17.8 Å². The Morgan fingerprint density at radius 2 is 1.37 bits per heavy atom. The average Bonchev–Trinajstić information content (AvgIpc) is 2.87. The molecule has 0 aliphatic rings. The largest absolute Gasteiger partial charge is 0.348 e. The van der Waals surface area contributed by atoms with E-state index in [2.05, 4.69) is 66.3 Å². The van der Waals surface area contributed by atoms with Crippen molar-refractivity contribution in [3.8, 4) is 22.4 Å². The summed E-state index contributed by atoms with van der Waals surface area (Å²) in [4.78, 5) is 7.55. The Morgan fingerprint density at radius 1 is 0.842 bits per heavy atom. The van der Waals surface area contributed by atoms with E-state index in [1.807, 2.05) is 13.1 Å². The van der Waals surface area contributed by atoms with Gasteiger partial charge >= 0.3 is 0 Å². The van der Waals surface area contributed by atoms with Crippen molar-refractivity contribution in [3.63, 3.8) is 0 Å². The number of aryl methyl sites for hydroxylation is 1. The molecule has 3 rings (SSSR count). The van der Waals surface area contributed by atoms with Gasteiger partial charge in [-0.1, -0.05) is 54.0 Å². The molecule has 0 bridgehead atoms. The Bertz CT molecular complexity index is 682. The summed E-state index contributed by atoms with van der Waals surface area (Å²) in [5.74, 6) is 0.942. The van der Waals surface area contributed by atoms with E-state index in [-0.39, 0.29) is 0 Å². The van der Waals surface area contributed by atoms with Gasteiger partial charge in [0.25, 0.3) is 0 Å². The molecular weight excluding hydrogens is 231 g/mol. The number of benzene rings is 2. The van der Waals surface area contributed by atoms with Crippen molar-refractivity contribution >= 4 is 13.3 Å². The minimum absolute atomic E-state index is 0.942. The molecule has 19 heavy (non-hydrogen) atoms. The van der Waals surface area contributed by atoms with Gasteiger partial charge in [-0.05, 0) is 18.1 Å². The first-order chi connectivity index (χ1) is 9.22. The summed E-state index contributed by atoms with van der Waals surface area (Å²) in [7, 11) is 2.10. The Labute approximate surface area is 113 Å². The minimum Gasteiger partial charge on any atom is -0.348 e. The molecule has 2 nitrogen and oxygen atoms in total. The van der Waals surface area contributed by atoms with Crippen LogP contribution in [0.2, 0.25) is 0 Å². The third kappa shape index (κ3) is 2.45. The summed E-state index contributed by atoms with van der Waals surface area (Å²) in [5.41, 5.74) is 5.90. The fraction of sp³-hybridized carbons (Fsp3) is 0.0625. The smallest absolute Gasteiger partial charge is 0.139 e. The molecule has 0 saturated heterocycles. The van der Waals surface area contributed by atoms with Crippen LogP contribution >= 0.6 is 0 Å². The van der Waals surface area contributed by atoms with E-state index < -0.39 is 0 Å². The normalized spacial score (nSPS) is 10.6. The van der Waals surface area contributed by atoms with Gasteiger partial charge in [0.2, 0.25) is 0 Å². The number of H-pyrrole nitrogens is 1. The standard InChI is InChI=1S/C16H15BN2/c1-11-18-10-16(19-11)14-4-2-12(3-5-14)13-6-8-15(17)9-7-13/h2-10H,17H2,1H3,(H,18,19). The second-order valence-corrected chi connectivity index (χ2v) is 4.81. The highest BCUT2D eigenvalue weighted by molar-refractivity contribution is 6.32. The topological polar surface area (TPSA) is 28.7 Å². The van der Waals surface area contributed by atoms with E-state index >= 15 is 0 Å². The quantitative estimate of drug-likeness (QED) is 0.690. The molecule has 92 valence electrons. The van der Waals surface area contributed by atoms with E-state index in [4.69, 9.17) is 0 Å². The lowest BCUT2D eigenvalue weighted by molar-refractivity contribution is 1.15. The second-order valence-electron chi connectivity index (χ2n) is 4.81. The molecule has 0 radical (unpaired) electrons. The first-order valence-corrected chi connectivity index (χ1v) is 6.42. The number of rotatable bonds is 2. The van der Waals surface area contributed by atoms with Gasteiger partial charge in [0, 0.05) is 11.8 Å². The Hall–Kier alpha value is -2.29. The SMILES string of the molecule is Bc1ccc(-c2ccc(-c3c[nH]c(C)n3)cc2)cc1. The van der Waals surface area contributed by atoms with Crippen LogP contribution in [0.15, 0.2) is 54.7 Å². The van der Waals surface area contributed by atoms with Gasteiger partial charge in [0.15, 0.2) is 0 Å². The van der Waals surface area contributed by atoms with Crippen molar-refractivity contribution in [2.45, 2.75) is 6.92 Å². The minimum atomic E-state index is 0.942. The van der Waals surface area contributed by atoms with Crippen molar-refractivity contribution < 1.29 is 0 Å². The van der Waals surface area contributed by atoms with Gasteiger partial charge in [-0.25, -0.2) is 4.98 Å². The molecule has 2 aromatic carbocycles. The summed E-state index contributed by atoms with van der Waals surface area (Å²) >= 11 is 0. The summed E-state index contributed by atoms with van der Waals surface area (Å²) < 4.78 is 0. The van der Waals surface area contributed by atoms with Crippen molar-refractivity contribution in [1.29, 1.82) is 0 Å². The Kier molecular flexibility index (Phi) is 2.96. The number of aromatic nitrogens is 2. The first kappa shape index (κ1) is 11.8. The molecule has 0 aliphatic carbocycles. The molecule has 0 saturated carbocycles. The Balaban J connectivity index is 1.92. The van der Waals surface area contributed by atoms with Gasteiger partial charge in [0.05, 0.1) is 5.69 Å². The van der Waals surface area contributed by atoms with Crippen LogP contribution in [0.4, 0.5) is 0 Å². The third-order valence-electron chi connectivity index (χ3n) is 3.27. The number of hydrogen-bond donors (Lipinski definition) is 1. The van der Waals surface area contributed by atoms with Crippen LogP contribution in [0.25, 0.3) is 22.4 Å². The van der Waals surface area contributed by atoms with Gasteiger partial charge in [-0.15, -0.1) is 0 Å². The molecule has 3 heteroatoms. The van der Waals surface area contributed by atoms with E-state index in [1.165, 1.54) is 16.6 Å². The molecule has 1 N–H and O–H groups in total. The fourth-order valence-electron chi connectivity index (χ4n) is 2.15. The molecule has 0 amide bonds. The number of nitrogens with zero attached hydrogens (tertiary/aromatic N) is 1. The fourth-order valence-corrected chi connectivity index (χ4v) is 2.15. The van der Waals surface area contributed by atoms with Crippen molar-refractivity contribution in [3.05, 3.63) is 60.6 Å². The second kappa shape index (κ2) is 4.77. The van der Waals surface area contributed by atoms with Crippen molar-refractivity contribution in [1.82, 2.24) is 9.97 Å². The maximum absolute atomic E-state index is 4.44. The maximum Gasteiger partial charge on any atom is 0.139 e. The van der Waals surface area contributed by atoms with Gasteiger partial charge in [-0.2, -0.15) is 0 Å². The maximum atomic E-state index is 4.44. The lowest BCUT2D eigenvalue weighted by Gasteiger charge is -2.03. The molecule has 0 fully saturated rings. The predicted octanol–water partition coefficient (Wildman–Crippen LogP) is 2.31. The zero-order chi connectivity index (χ0) is 13.2. The summed E-state index contributed by atoms with van der Waals surface area (Å²) in [5, 5.41) is 0. The summed E-state index contributed by atoms with van der Waals surface area (Å²) in [6, 6.07) is 17.1. The summed E-state index contributed by atoms with van der Waals surface area (Å²) in [6.07, 6.45) is 1.94. The van der Waals surface area contributed by atoms with Crippen LogP contribution in [0.3, 0.4) is 0 Å². The highest BCUT2D eigenvalue weighted by atomic mass is 14.9. The van der Waals surface area contributed by atoms with Crippen LogP contribution in [0.5, 0.6) is 0 Å². The molecule has 3 aromatic rings. The van der Waals surface area contributed by atoms with Crippen molar-refractivity contribution in [2.24, 2.45) is 0 Å². The third-order valence-corrected chi connectivity index (χ3v) is 3.27. The number of nitrogens with one attached hydrogen (secondary N) is 1. The molecular formula is C16H15BN2. The van der Waals surface area contributed by atoms with E-state index in [1.54, 1.807) is 0 Å². The monoisotopic (exact) mass is 246 g/mol. The van der Waals surface area contributed by atoms with Gasteiger partial charge in [0.1, 0.15) is 13.7 Å². The highest BCUT2D eigenvalue weighted by Gasteiger charge is 2.02. The highest BCUT2D eigenvalue weighted by Crippen LogP contribution is 2.23. The molecule has 1 heterocycles. The lowest BCUT2D eigenvalue weighted by Crippen LogP contribution is -1.99. The lowest BCUT2D eigenvalue weighted by atomic mass is 9.93. The average molecular weight is 246 g/mol. The number of imidazole rings is 1. The van der Waals surface area contributed by atoms with Gasteiger partial charge < -0.3 is 4.98 Å². The first-order valence-electron chi connectivity index (χ1n) is 6.42. The molecule has 0 unspecified atom stereocenters. The summed E-state index contributed by atoms with van der Waals surface area (Å²) in [6.45, 7) is 1.96. The number of hydrogen-bond acceptors (Lipinski definition) is 1. The van der Waals surface area contributed by atoms with E-state index in [0.717, 1.165) is 17.1 Å².